The number of halogens is 1. The van der Waals surface area contributed by atoms with Crippen LogP contribution in [-0.4, -0.2) is 34.0 Å². The van der Waals surface area contributed by atoms with Crippen LogP contribution < -0.4 is 0 Å². The Kier molecular flexibility index (Phi) is 4.18. The van der Waals surface area contributed by atoms with Crippen molar-refractivity contribution in [2.24, 2.45) is 11.8 Å². The first-order valence-corrected chi connectivity index (χ1v) is 7.56. The molecule has 6 heteroatoms. The molecule has 0 unspecified atom stereocenters. The predicted molar refractivity (Wildman–Crippen MR) is 82.5 cm³/mol. The minimum atomic E-state index is -0.734. The zero-order valence-corrected chi connectivity index (χ0v) is 13.0. The molecule has 0 spiro atoms. The third-order valence-corrected chi connectivity index (χ3v) is 4.26. The zero-order valence-electron chi connectivity index (χ0n) is 12.2. The summed E-state index contributed by atoms with van der Waals surface area (Å²) in [5.41, 5.74) is 0.879. The number of nitrogens with zero attached hydrogens (tertiary/aromatic N) is 2. The summed E-state index contributed by atoms with van der Waals surface area (Å²) >= 11 is 5.97. The van der Waals surface area contributed by atoms with Crippen molar-refractivity contribution in [1.82, 2.24) is 9.88 Å². The standard InChI is InChI=1S/C16H17ClN2O3/c1-10-7-19(8-13(10)16(20)21)9-15-18-6-14(22-15)11-3-2-4-12(17)5-11/h2-6,10,13H,7-9H2,1H3,(H,20,21)/t10-,13-/m1/s1. The summed E-state index contributed by atoms with van der Waals surface area (Å²) in [5, 5.41) is 9.81. The number of carbonyl (C=O) groups is 1. The molecule has 1 fully saturated rings. The molecule has 0 aliphatic carbocycles. The summed E-state index contributed by atoms with van der Waals surface area (Å²) in [6, 6.07) is 7.40. The van der Waals surface area contributed by atoms with Crippen LogP contribution in [0, 0.1) is 11.8 Å². The molecule has 1 aliphatic rings. The summed E-state index contributed by atoms with van der Waals surface area (Å²) in [6.07, 6.45) is 1.68. The highest BCUT2D eigenvalue weighted by Gasteiger charge is 2.35. The maximum Gasteiger partial charge on any atom is 0.308 e. The van der Waals surface area contributed by atoms with Crippen LogP contribution in [-0.2, 0) is 11.3 Å². The number of hydrogen-bond donors (Lipinski definition) is 1. The van der Waals surface area contributed by atoms with Crippen molar-refractivity contribution < 1.29 is 14.3 Å². The highest BCUT2D eigenvalue weighted by atomic mass is 35.5. The van der Waals surface area contributed by atoms with E-state index in [1.807, 2.05) is 25.1 Å². The molecule has 1 aromatic heterocycles. The van der Waals surface area contributed by atoms with E-state index in [9.17, 15) is 4.79 Å². The number of oxazole rings is 1. The van der Waals surface area contributed by atoms with Crippen LogP contribution in [0.25, 0.3) is 11.3 Å². The van der Waals surface area contributed by atoms with E-state index in [-0.39, 0.29) is 11.8 Å². The Morgan fingerprint density at radius 3 is 3.00 bits per heavy atom. The Hall–Kier alpha value is -1.85. The van der Waals surface area contributed by atoms with E-state index in [0.717, 1.165) is 12.1 Å². The summed E-state index contributed by atoms with van der Waals surface area (Å²) in [6.45, 7) is 3.76. The number of likely N-dealkylation sites (tertiary alicyclic amines) is 1. The van der Waals surface area contributed by atoms with E-state index in [0.29, 0.717) is 29.8 Å². The molecule has 1 N–H and O–H groups in total. The predicted octanol–water partition coefficient (Wildman–Crippen LogP) is 3.15. The lowest BCUT2D eigenvalue weighted by Crippen LogP contribution is -2.23. The van der Waals surface area contributed by atoms with Crippen LogP contribution in [0.3, 0.4) is 0 Å². The van der Waals surface area contributed by atoms with Crippen LogP contribution in [0.5, 0.6) is 0 Å². The molecule has 1 aliphatic heterocycles. The number of rotatable bonds is 4. The molecule has 0 saturated carbocycles. The van der Waals surface area contributed by atoms with E-state index in [1.165, 1.54) is 0 Å². The molecule has 3 rings (SSSR count). The van der Waals surface area contributed by atoms with Gasteiger partial charge in [-0.15, -0.1) is 0 Å². The second-order valence-corrected chi connectivity index (χ2v) is 6.18. The van der Waals surface area contributed by atoms with Gasteiger partial charge in [-0.1, -0.05) is 30.7 Å². The summed E-state index contributed by atoms with van der Waals surface area (Å²) < 4.78 is 5.76. The smallest absolute Gasteiger partial charge is 0.308 e. The third-order valence-electron chi connectivity index (χ3n) is 4.03. The van der Waals surface area contributed by atoms with E-state index in [1.54, 1.807) is 12.3 Å². The fraction of sp³-hybridized carbons (Fsp3) is 0.375. The average Bonchev–Trinajstić information content (AvgIpc) is 3.06. The van der Waals surface area contributed by atoms with Gasteiger partial charge in [0.05, 0.1) is 18.7 Å². The molecular weight excluding hydrogens is 304 g/mol. The summed E-state index contributed by atoms with van der Waals surface area (Å²) in [7, 11) is 0. The molecule has 2 atom stereocenters. The lowest BCUT2D eigenvalue weighted by molar-refractivity contribution is -0.142. The van der Waals surface area contributed by atoms with Crippen LogP contribution in [0.1, 0.15) is 12.8 Å². The zero-order chi connectivity index (χ0) is 15.7. The maximum atomic E-state index is 11.2. The van der Waals surface area contributed by atoms with Crippen LogP contribution in [0.2, 0.25) is 5.02 Å². The Labute approximate surface area is 133 Å². The Balaban J connectivity index is 1.69. The molecule has 116 valence electrons. The fourth-order valence-corrected chi connectivity index (χ4v) is 3.06. The highest BCUT2D eigenvalue weighted by molar-refractivity contribution is 6.30. The lowest BCUT2D eigenvalue weighted by atomic mass is 9.99. The summed E-state index contributed by atoms with van der Waals surface area (Å²) in [5.74, 6) is 0.344. The molecule has 0 amide bonds. The first-order valence-electron chi connectivity index (χ1n) is 7.18. The molecule has 1 saturated heterocycles. The Bertz CT molecular complexity index is 686. The van der Waals surface area contributed by atoms with Gasteiger partial charge in [-0.05, 0) is 18.1 Å². The largest absolute Gasteiger partial charge is 0.481 e. The van der Waals surface area contributed by atoms with Crippen LogP contribution in [0.15, 0.2) is 34.9 Å². The minimum absolute atomic E-state index is 0.139. The van der Waals surface area contributed by atoms with Crippen LogP contribution >= 0.6 is 11.6 Å². The first-order chi connectivity index (χ1) is 10.5. The Morgan fingerprint density at radius 2 is 2.32 bits per heavy atom. The van der Waals surface area contributed by atoms with E-state index in [4.69, 9.17) is 21.1 Å². The molecule has 0 radical (unpaired) electrons. The quantitative estimate of drug-likeness (QED) is 0.937. The van der Waals surface area contributed by atoms with Crippen molar-refractivity contribution in [3.63, 3.8) is 0 Å². The number of benzene rings is 1. The van der Waals surface area contributed by atoms with Gasteiger partial charge in [0.25, 0.3) is 0 Å². The molecule has 5 nitrogen and oxygen atoms in total. The number of carboxylic acids is 1. The van der Waals surface area contributed by atoms with Gasteiger partial charge in [-0.3, -0.25) is 9.69 Å². The number of aromatic nitrogens is 1. The van der Waals surface area contributed by atoms with Gasteiger partial charge in [0.2, 0.25) is 5.89 Å². The Morgan fingerprint density at radius 1 is 1.50 bits per heavy atom. The van der Waals surface area contributed by atoms with Crippen molar-refractivity contribution >= 4 is 17.6 Å². The molecule has 2 heterocycles. The maximum absolute atomic E-state index is 11.2. The van der Waals surface area contributed by atoms with Gasteiger partial charge in [0, 0.05) is 23.7 Å². The second-order valence-electron chi connectivity index (χ2n) is 5.74. The number of carboxylic acid groups (broad SMARTS) is 1. The SMILES string of the molecule is C[C@@H]1CN(Cc2ncc(-c3cccc(Cl)c3)o2)C[C@H]1C(=O)O. The van der Waals surface area contributed by atoms with Crippen molar-refractivity contribution in [2.45, 2.75) is 13.5 Å². The van der Waals surface area contributed by atoms with Crippen molar-refractivity contribution in [3.05, 3.63) is 41.4 Å². The fourth-order valence-electron chi connectivity index (χ4n) is 2.87. The summed E-state index contributed by atoms with van der Waals surface area (Å²) in [4.78, 5) is 17.5. The first kappa shape index (κ1) is 15.1. The topological polar surface area (TPSA) is 66.6 Å². The monoisotopic (exact) mass is 320 g/mol. The van der Waals surface area contributed by atoms with Crippen molar-refractivity contribution in [2.75, 3.05) is 13.1 Å². The molecule has 0 bridgehead atoms. The lowest BCUT2D eigenvalue weighted by Gasteiger charge is -2.12. The number of hydrogen-bond acceptors (Lipinski definition) is 4. The second kappa shape index (κ2) is 6.10. The molecule has 22 heavy (non-hydrogen) atoms. The molecule has 2 aromatic rings. The molecule has 1 aromatic carbocycles. The third kappa shape index (κ3) is 3.15. The normalized spacial score (nSPS) is 22.1. The van der Waals surface area contributed by atoms with Crippen LogP contribution in [0.4, 0.5) is 0 Å². The van der Waals surface area contributed by atoms with E-state index in [2.05, 4.69) is 9.88 Å². The minimum Gasteiger partial charge on any atom is -0.481 e. The van der Waals surface area contributed by atoms with Gasteiger partial charge in [-0.25, -0.2) is 4.98 Å². The van der Waals surface area contributed by atoms with Gasteiger partial charge < -0.3 is 9.52 Å². The molecular formula is C16H17ClN2O3. The van der Waals surface area contributed by atoms with Gasteiger partial charge in [0.1, 0.15) is 0 Å². The average molecular weight is 321 g/mol. The van der Waals surface area contributed by atoms with Crippen molar-refractivity contribution in [3.8, 4) is 11.3 Å². The van der Waals surface area contributed by atoms with E-state index >= 15 is 0 Å². The van der Waals surface area contributed by atoms with Crippen molar-refractivity contribution in [1.29, 1.82) is 0 Å². The highest BCUT2D eigenvalue weighted by Crippen LogP contribution is 2.27. The number of aliphatic carboxylic acids is 1. The van der Waals surface area contributed by atoms with Gasteiger partial charge in [-0.2, -0.15) is 0 Å². The van der Waals surface area contributed by atoms with Gasteiger partial charge >= 0.3 is 5.97 Å². The van der Waals surface area contributed by atoms with Gasteiger partial charge in [0.15, 0.2) is 5.76 Å². The van der Waals surface area contributed by atoms with E-state index < -0.39 is 5.97 Å².